The topological polar surface area (TPSA) is 51.8 Å². The van der Waals surface area contributed by atoms with Gasteiger partial charge in [-0.15, -0.1) is 0 Å². The maximum absolute atomic E-state index is 6.57. The Kier molecular flexibility index (Phi) is 7.32. The second-order valence-electron chi connectivity index (χ2n) is 7.77. The smallest absolute Gasteiger partial charge is 0.148 e. The van der Waals surface area contributed by atoms with Crippen LogP contribution in [-0.4, -0.2) is 9.97 Å². The lowest BCUT2D eigenvalue weighted by atomic mass is 9.84. The zero-order valence-corrected chi connectivity index (χ0v) is 19.1. The number of aromatic nitrogens is 2. The third-order valence-electron chi connectivity index (χ3n) is 5.79. The van der Waals surface area contributed by atoms with Gasteiger partial charge >= 0.3 is 0 Å². The molecule has 3 aromatic rings. The Morgan fingerprint density at radius 2 is 1.80 bits per heavy atom. The van der Waals surface area contributed by atoms with E-state index in [0.717, 1.165) is 29.2 Å². The van der Waals surface area contributed by atoms with Gasteiger partial charge in [-0.2, -0.15) is 0 Å². The highest BCUT2D eigenvalue weighted by Crippen LogP contribution is 2.37. The van der Waals surface area contributed by atoms with Crippen LogP contribution < -0.4 is 5.73 Å². The molecule has 2 N–H and O–H groups in total. The molecular formula is C24H25Cl2N3S. The third kappa shape index (κ3) is 5.17. The minimum atomic E-state index is 0.100. The summed E-state index contributed by atoms with van der Waals surface area (Å²) in [6.07, 6.45) is 10.4. The van der Waals surface area contributed by atoms with Crippen molar-refractivity contribution in [3.05, 3.63) is 81.7 Å². The fraction of sp³-hybridized carbons (Fsp3) is 0.333. The lowest BCUT2D eigenvalue weighted by Crippen LogP contribution is -2.15. The summed E-state index contributed by atoms with van der Waals surface area (Å²) in [7, 11) is 0. The monoisotopic (exact) mass is 457 g/mol. The summed E-state index contributed by atoms with van der Waals surface area (Å²) >= 11 is 13.8. The highest BCUT2D eigenvalue weighted by molar-refractivity contribution is 7.99. The lowest BCUT2D eigenvalue weighted by Gasteiger charge is -2.23. The van der Waals surface area contributed by atoms with E-state index in [9.17, 15) is 0 Å². The summed E-state index contributed by atoms with van der Waals surface area (Å²) < 4.78 is 0. The van der Waals surface area contributed by atoms with Gasteiger partial charge < -0.3 is 5.73 Å². The molecule has 1 aliphatic carbocycles. The van der Waals surface area contributed by atoms with Crippen molar-refractivity contribution < 1.29 is 0 Å². The summed E-state index contributed by atoms with van der Waals surface area (Å²) in [5, 5.41) is 1.68. The molecule has 2 atom stereocenters. The van der Waals surface area contributed by atoms with E-state index < -0.39 is 0 Å². The average molecular weight is 458 g/mol. The van der Waals surface area contributed by atoms with E-state index in [1.807, 2.05) is 12.3 Å². The van der Waals surface area contributed by atoms with E-state index in [1.165, 1.54) is 47.7 Å². The third-order valence-corrected chi connectivity index (χ3v) is 7.67. The van der Waals surface area contributed by atoms with Gasteiger partial charge in [0.2, 0.25) is 0 Å². The normalized spacial score (nSPS) is 19.8. The molecule has 0 amide bonds. The van der Waals surface area contributed by atoms with Crippen molar-refractivity contribution in [2.75, 3.05) is 0 Å². The largest absolute Gasteiger partial charge is 0.324 e. The molecule has 0 unspecified atom stereocenters. The van der Waals surface area contributed by atoms with E-state index in [2.05, 4.69) is 46.4 Å². The standard InChI is InChI=1S/C24H25Cl2N3S/c25-23-21(13-14-28-24(23)26)30-22-12-10-18(15-29-22)16-5-1-2-6-17-7-3-4-8-19(17)20(27)11-9-16/h3-4,7-8,10,12-16,20H,1-2,5-6,9,11,27H2/t16-,20+/m1/s1. The van der Waals surface area contributed by atoms with E-state index in [1.54, 1.807) is 6.20 Å². The number of rotatable bonds is 3. The SMILES string of the molecule is N[C@H]1CC[C@H](c2ccc(Sc3ccnc(Cl)c3Cl)nc2)CCCCc2ccccc21. The van der Waals surface area contributed by atoms with Crippen molar-refractivity contribution in [3.8, 4) is 0 Å². The summed E-state index contributed by atoms with van der Waals surface area (Å²) in [6, 6.07) is 14.9. The van der Waals surface area contributed by atoms with Crippen LogP contribution in [0.3, 0.4) is 0 Å². The molecule has 0 fully saturated rings. The van der Waals surface area contributed by atoms with Gasteiger partial charge in [0.15, 0.2) is 0 Å². The minimum absolute atomic E-state index is 0.100. The number of halogens is 2. The summed E-state index contributed by atoms with van der Waals surface area (Å²) in [6.45, 7) is 0. The van der Waals surface area contributed by atoms with Crippen LogP contribution in [0.4, 0.5) is 0 Å². The van der Waals surface area contributed by atoms with Gasteiger partial charge in [-0.25, -0.2) is 9.97 Å². The van der Waals surface area contributed by atoms with Crippen LogP contribution in [0.2, 0.25) is 10.2 Å². The van der Waals surface area contributed by atoms with Crippen molar-refractivity contribution in [2.45, 2.75) is 60.4 Å². The highest BCUT2D eigenvalue weighted by atomic mass is 35.5. The Hall–Kier alpha value is -1.59. The van der Waals surface area contributed by atoms with Crippen molar-refractivity contribution in [2.24, 2.45) is 5.73 Å². The molecule has 1 aliphatic rings. The van der Waals surface area contributed by atoms with Gasteiger partial charge in [0.25, 0.3) is 0 Å². The summed E-state index contributed by atoms with van der Waals surface area (Å²) in [5.74, 6) is 0.492. The van der Waals surface area contributed by atoms with Crippen LogP contribution in [-0.2, 0) is 6.42 Å². The first-order chi connectivity index (χ1) is 14.6. The van der Waals surface area contributed by atoms with Crippen LogP contribution in [0.5, 0.6) is 0 Å². The predicted octanol–water partition coefficient (Wildman–Crippen LogP) is 7.22. The zero-order chi connectivity index (χ0) is 20.9. The van der Waals surface area contributed by atoms with Crippen molar-refractivity contribution in [3.63, 3.8) is 0 Å². The molecule has 0 saturated heterocycles. The van der Waals surface area contributed by atoms with Crippen LogP contribution in [0.25, 0.3) is 0 Å². The molecule has 2 heterocycles. The number of nitrogens with zero attached hydrogens (tertiary/aromatic N) is 2. The number of hydrogen-bond acceptors (Lipinski definition) is 4. The zero-order valence-electron chi connectivity index (χ0n) is 16.7. The molecule has 30 heavy (non-hydrogen) atoms. The molecule has 3 nitrogen and oxygen atoms in total. The molecule has 2 aromatic heterocycles. The number of aryl methyl sites for hydroxylation is 1. The van der Waals surface area contributed by atoms with Crippen molar-refractivity contribution in [1.82, 2.24) is 9.97 Å². The number of fused-ring (bicyclic) bond motifs is 1. The van der Waals surface area contributed by atoms with E-state index in [4.69, 9.17) is 28.9 Å². The van der Waals surface area contributed by atoms with E-state index in [-0.39, 0.29) is 6.04 Å². The number of benzene rings is 1. The molecule has 0 bridgehead atoms. The van der Waals surface area contributed by atoms with Crippen molar-refractivity contribution in [1.29, 1.82) is 0 Å². The summed E-state index contributed by atoms with van der Waals surface area (Å²) in [4.78, 5) is 9.54. The number of hydrogen-bond donors (Lipinski definition) is 1. The molecular weight excluding hydrogens is 433 g/mol. The van der Waals surface area contributed by atoms with Crippen molar-refractivity contribution >= 4 is 35.0 Å². The van der Waals surface area contributed by atoms with Gasteiger partial charge in [0.1, 0.15) is 10.2 Å². The van der Waals surface area contributed by atoms with Gasteiger partial charge in [0.05, 0.1) is 5.02 Å². The van der Waals surface area contributed by atoms with E-state index in [0.29, 0.717) is 16.1 Å². The molecule has 4 rings (SSSR count). The average Bonchev–Trinajstić information content (AvgIpc) is 2.77. The molecule has 0 saturated carbocycles. The molecule has 0 radical (unpaired) electrons. The highest BCUT2D eigenvalue weighted by Gasteiger charge is 2.18. The molecule has 6 heteroatoms. The fourth-order valence-corrected chi connectivity index (χ4v) is 5.35. The van der Waals surface area contributed by atoms with Gasteiger partial charge in [-0.1, -0.05) is 71.7 Å². The molecule has 0 aliphatic heterocycles. The number of pyridine rings is 2. The second kappa shape index (κ2) is 10.1. The molecule has 0 spiro atoms. The van der Waals surface area contributed by atoms with Crippen LogP contribution in [0.15, 0.2) is 64.8 Å². The van der Waals surface area contributed by atoms with Crippen LogP contribution in [0, 0.1) is 0 Å². The Morgan fingerprint density at radius 1 is 0.933 bits per heavy atom. The first-order valence-electron chi connectivity index (χ1n) is 10.4. The maximum atomic E-state index is 6.57. The first-order valence-corrected chi connectivity index (χ1v) is 12.0. The quantitative estimate of drug-likeness (QED) is 0.421. The Morgan fingerprint density at radius 3 is 2.63 bits per heavy atom. The number of nitrogens with two attached hydrogens (primary N) is 1. The van der Waals surface area contributed by atoms with Gasteiger partial charge in [-0.3, -0.25) is 0 Å². The van der Waals surface area contributed by atoms with E-state index >= 15 is 0 Å². The van der Waals surface area contributed by atoms with Gasteiger partial charge in [0, 0.05) is 23.3 Å². The Balaban J connectivity index is 1.46. The van der Waals surface area contributed by atoms with Gasteiger partial charge in [-0.05, 0) is 66.8 Å². The van der Waals surface area contributed by atoms with Crippen LogP contribution >= 0.6 is 35.0 Å². The molecule has 1 aromatic carbocycles. The van der Waals surface area contributed by atoms with Crippen LogP contribution in [0.1, 0.15) is 60.8 Å². The Bertz CT molecular complexity index is 994. The predicted molar refractivity (Wildman–Crippen MR) is 126 cm³/mol. The first kappa shape index (κ1) is 21.6. The second-order valence-corrected chi connectivity index (χ2v) is 9.57. The minimum Gasteiger partial charge on any atom is -0.324 e. The molecule has 156 valence electrons. The fourth-order valence-electron chi connectivity index (χ4n) is 4.13. The Labute approximate surface area is 192 Å². The maximum Gasteiger partial charge on any atom is 0.148 e. The lowest BCUT2D eigenvalue weighted by molar-refractivity contribution is 0.478. The summed E-state index contributed by atoms with van der Waals surface area (Å²) in [5.41, 5.74) is 10.6.